The number of aliphatic imine (C=N–C) groups is 1. The first-order valence-corrected chi connectivity index (χ1v) is 7.44. The largest absolute Gasteiger partial charge is 0.507 e. The second-order valence-corrected chi connectivity index (χ2v) is 5.46. The Kier molecular flexibility index (Phi) is 5.04. The number of phenols is 1. The van der Waals surface area contributed by atoms with E-state index in [2.05, 4.69) is 29.4 Å². The van der Waals surface area contributed by atoms with E-state index in [9.17, 15) is 5.11 Å². The van der Waals surface area contributed by atoms with Crippen molar-refractivity contribution in [2.75, 3.05) is 5.32 Å². The molecule has 0 radical (unpaired) electrons. The third-order valence-electron chi connectivity index (χ3n) is 3.62. The third-order valence-corrected chi connectivity index (χ3v) is 3.62. The molecule has 116 valence electrons. The minimum absolute atomic E-state index is 0.342. The number of nitrogens with zero attached hydrogens (tertiary/aromatic N) is 1. The van der Waals surface area contributed by atoms with E-state index in [1.807, 2.05) is 38.1 Å². The number of nitrogens with two attached hydrogens (primary N) is 1. The Morgan fingerprint density at radius 1 is 1.09 bits per heavy atom. The molecule has 0 aliphatic heterocycles. The smallest absolute Gasteiger partial charge is 0.193 e. The van der Waals surface area contributed by atoms with Crippen LogP contribution in [0.4, 0.5) is 5.69 Å². The Hall–Kier alpha value is -2.49. The van der Waals surface area contributed by atoms with E-state index < -0.39 is 0 Å². The van der Waals surface area contributed by atoms with Gasteiger partial charge in [-0.15, -0.1) is 0 Å². The molecule has 4 heteroatoms. The average Bonchev–Trinajstić information content (AvgIpc) is 2.51. The fourth-order valence-electron chi connectivity index (χ4n) is 2.32. The molecule has 0 amide bonds. The second-order valence-electron chi connectivity index (χ2n) is 5.46. The highest BCUT2D eigenvalue weighted by Gasteiger charge is 2.03. The molecule has 0 spiro atoms. The van der Waals surface area contributed by atoms with Crippen LogP contribution in [0.2, 0.25) is 0 Å². The quantitative estimate of drug-likeness (QED) is 0.597. The van der Waals surface area contributed by atoms with Gasteiger partial charge in [0.15, 0.2) is 5.96 Å². The highest BCUT2D eigenvalue weighted by Crippen LogP contribution is 2.23. The molecule has 0 saturated heterocycles. The maximum absolute atomic E-state index is 9.77. The van der Waals surface area contributed by atoms with Gasteiger partial charge in [-0.25, -0.2) is 4.99 Å². The van der Waals surface area contributed by atoms with Crippen molar-refractivity contribution >= 4 is 11.6 Å². The predicted molar refractivity (Wildman–Crippen MR) is 92.3 cm³/mol. The number of phenolic OH excluding ortho intramolecular Hbond substituents is 1. The normalized spacial score (nSPS) is 11.5. The lowest BCUT2D eigenvalue weighted by molar-refractivity contribution is 0.466. The highest BCUT2D eigenvalue weighted by atomic mass is 16.3. The number of aromatic hydroxyl groups is 1. The first kappa shape index (κ1) is 15.9. The van der Waals surface area contributed by atoms with Gasteiger partial charge < -0.3 is 16.2 Å². The first-order valence-electron chi connectivity index (χ1n) is 7.44. The number of aryl methyl sites for hydroxylation is 3. The van der Waals surface area contributed by atoms with Gasteiger partial charge in [0.05, 0.1) is 6.54 Å². The Morgan fingerprint density at radius 3 is 2.23 bits per heavy atom. The Bertz CT molecular complexity index is 652. The maximum Gasteiger partial charge on any atom is 0.193 e. The number of guanidine groups is 1. The zero-order valence-electron chi connectivity index (χ0n) is 13.4. The fourth-order valence-corrected chi connectivity index (χ4v) is 2.32. The number of hydrogen-bond donors (Lipinski definition) is 3. The number of hydrogen-bond acceptors (Lipinski definition) is 2. The van der Waals surface area contributed by atoms with E-state index >= 15 is 0 Å². The predicted octanol–water partition coefficient (Wildman–Crippen LogP) is 3.50. The summed E-state index contributed by atoms with van der Waals surface area (Å²) in [6.45, 7) is 6.37. The van der Waals surface area contributed by atoms with Crippen LogP contribution in [0.1, 0.15) is 29.2 Å². The van der Waals surface area contributed by atoms with E-state index in [1.54, 1.807) is 0 Å². The summed E-state index contributed by atoms with van der Waals surface area (Å²) in [6, 6.07) is 12.0. The molecule has 0 saturated carbocycles. The average molecular weight is 297 g/mol. The molecule has 2 rings (SSSR count). The monoisotopic (exact) mass is 297 g/mol. The molecule has 0 atom stereocenters. The van der Waals surface area contributed by atoms with Crippen molar-refractivity contribution in [2.24, 2.45) is 10.7 Å². The zero-order valence-corrected chi connectivity index (χ0v) is 13.4. The van der Waals surface area contributed by atoms with Crippen LogP contribution >= 0.6 is 0 Å². The summed E-state index contributed by atoms with van der Waals surface area (Å²) in [5.74, 6) is 0.725. The van der Waals surface area contributed by atoms with Gasteiger partial charge in [-0.3, -0.25) is 0 Å². The summed E-state index contributed by atoms with van der Waals surface area (Å²) in [5.41, 5.74) is 10.9. The summed E-state index contributed by atoms with van der Waals surface area (Å²) < 4.78 is 0. The van der Waals surface area contributed by atoms with Crippen molar-refractivity contribution in [2.45, 2.75) is 33.7 Å². The number of anilines is 1. The molecule has 22 heavy (non-hydrogen) atoms. The lowest BCUT2D eigenvalue weighted by atomic mass is 10.1. The third kappa shape index (κ3) is 4.01. The van der Waals surface area contributed by atoms with Gasteiger partial charge in [-0.1, -0.05) is 31.2 Å². The SMILES string of the molecule is CCc1ccc(NC(N)=NCc2cc(C)c(O)c(C)c2)cc1. The molecule has 0 heterocycles. The van der Waals surface area contributed by atoms with Crippen molar-refractivity contribution in [3.63, 3.8) is 0 Å². The fraction of sp³-hybridized carbons (Fsp3) is 0.278. The lowest BCUT2D eigenvalue weighted by Crippen LogP contribution is -2.22. The van der Waals surface area contributed by atoms with E-state index in [0.29, 0.717) is 18.3 Å². The summed E-state index contributed by atoms with van der Waals surface area (Å²) in [7, 11) is 0. The van der Waals surface area contributed by atoms with Gasteiger partial charge in [-0.05, 0) is 54.7 Å². The molecule has 0 aliphatic rings. The standard InChI is InChI=1S/C18H23N3O/c1-4-14-5-7-16(8-6-14)21-18(19)20-11-15-9-12(2)17(22)13(3)10-15/h5-10,22H,4,11H2,1-3H3,(H3,19,20,21). The molecule has 0 aromatic heterocycles. The van der Waals surface area contributed by atoms with Crippen LogP contribution in [-0.4, -0.2) is 11.1 Å². The lowest BCUT2D eigenvalue weighted by Gasteiger charge is -2.08. The van der Waals surface area contributed by atoms with Crippen molar-refractivity contribution in [3.05, 3.63) is 58.7 Å². The van der Waals surface area contributed by atoms with Crippen LogP contribution in [0.15, 0.2) is 41.4 Å². The van der Waals surface area contributed by atoms with E-state index in [0.717, 1.165) is 28.8 Å². The van der Waals surface area contributed by atoms with E-state index in [1.165, 1.54) is 5.56 Å². The van der Waals surface area contributed by atoms with E-state index in [4.69, 9.17) is 5.73 Å². The van der Waals surface area contributed by atoms with Crippen molar-refractivity contribution < 1.29 is 5.11 Å². The van der Waals surface area contributed by atoms with Gasteiger partial charge in [0.25, 0.3) is 0 Å². The van der Waals surface area contributed by atoms with Gasteiger partial charge in [0.2, 0.25) is 0 Å². The molecule has 0 fully saturated rings. The molecular formula is C18H23N3O. The Labute approximate surface area is 131 Å². The van der Waals surface area contributed by atoms with E-state index in [-0.39, 0.29) is 0 Å². The zero-order chi connectivity index (χ0) is 16.1. The summed E-state index contributed by atoms with van der Waals surface area (Å²) >= 11 is 0. The topological polar surface area (TPSA) is 70.6 Å². The highest BCUT2D eigenvalue weighted by molar-refractivity contribution is 5.92. The van der Waals surface area contributed by atoms with Gasteiger partial charge in [0, 0.05) is 5.69 Å². The van der Waals surface area contributed by atoms with Crippen LogP contribution in [0, 0.1) is 13.8 Å². The van der Waals surface area contributed by atoms with Gasteiger partial charge >= 0.3 is 0 Å². The number of benzene rings is 2. The molecule has 0 unspecified atom stereocenters. The maximum atomic E-state index is 9.77. The summed E-state index contributed by atoms with van der Waals surface area (Å²) in [4.78, 5) is 4.35. The molecular weight excluding hydrogens is 274 g/mol. The van der Waals surface area contributed by atoms with Crippen LogP contribution in [0.25, 0.3) is 0 Å². The van der Waals surface area contributed by atoms with Crippen molar-refractivity contribution in [3.8, 4) is 5.75 Å². The Morgan fingerprint density at radius 2 is 1.68 bits per heavy atom. The van der Waals surface area contributed by atoms with Crippen molar-refractivity contribution in [1.82, 2.24) is 0 Å². The summed E-state index contributed by atoms with van der Waals surface area (Å²) in [5, 5.41) is 12.9. The summed E-state index contributed by atoms with van der Waals surface area (Å²) in [6.07, 6.45) is 1.02. The molecule has 0 bridgehead atoms. The molecule has 4 N–H and O–H groups in total. The minimum atomic E-state index is 0.342. The van der Waals surface area contributed by atoms with Crippen LogP contribution in [0.5, 0.6) is 5.75 Å². The number of nitrogens with one attached hydrogen (secondary N) is 1. The van der Waals surface area contributed by atoms with Crippen molar-refractivity contribution in [1.29, 1.82) is 0 Å². The Balaban J connectivity index is 2.03. The molecule has 4 nitrogen and oxygen atoms in total. The van der Waals surface area contributed by atoms with Gasteiger partial charge in [0.1, 0.15) is 5.75 Å². The second kappa shape index (κ2) is 6.98. The molecule has 2 aromatic rings. The van der Waals surface area contributed by atoms with Crippen LogP contribution < -0.4 is 11.1 Å². The van der Waals surface area contributed by atoms with Gasteiger partial charge in [-0.2, -0.15) is 0 Å². The number of rotatable bonds is 4. The van der Waals surface area contributed by atoms with Crippen LogP contribution in [-0.2, 0) is 13.0 Å². The molecule has 0 aliphatic carbocycles. The molecule has 2 aromatic carbocycles. The minimum Gasteiger partial charge on any atom is -0.507 e. The van der Waals surface area contributed by atoms with Crippen LogP contribution in [0.3, 0.4) is 0 Å². The first-order chi connectivity index (χ1) is 10.5.